The van der Waals surface area contributed by atoms with Crippen molar-refractivity contribution in [1.82, 2.24) is 0 Å². The van der Waals surface area contributed by atoms with Crippen LogP contribution < -0.4 is 0 Å². The second kappa shape index (κ2) is 12.3. The van der Waals surface area contributed by atoms with Crippen molar-refractivity contribution in [3.63, 3.8) is 0 Å². The van der Waals surface area contributed by atoms with Gasteiger partial charge >= 0.3 is 0 Å². The van der Waals surface area contributed by atoms with Crippen molar-refractivity contribution in [2.45, 2.75) is 135 Å². The van der Waals surface area contributed by atoms with Crippen LogP contribution in [0, 0.1) is 0 Å². The van der Waals surface area contributed by atoms with E-state index in [2.05, 4.69) is 6.92 Å². The molecule has 1 aliphatic heterocycles. The Kier molecular flexibility index (Phi) is 11.2. The predicted octanol–water partition coefficient (Wildman–Crippen LogP) is 5.98. The van der Waals surface area contributed by atoms with E-state index in [0.717, 1.165) is 12.8 Å². The minimum atomic E-state index is -0.567. The van der Waals surface area contributed by atoms with E-state index < -0.39 is 11.9 Å². The lowest BCUT2D eigenvalue weighted by Gasteiger charge is -2.42. The third-order valence-electron chi connectivity index (χ3n) is 5.05. The van der Waals surface area contributed by atoms with E-state index in [1.165, 1.54) is 70.6 Å². The van der Waals surface area contributed by atoms with Crippen molar-refractivity contribution in [3.8, 4) is 0 Å². The van der Waals surface area contributed by atoms with Crippen LogP contribution in [0.3, 0.4) is 0 Å². The highest BCUT2D eigenvalue weighted by Gasteiger charge is 2.36. The van der Waals surface area contributed by atoms with Gasteiger partial charge in [0.05, 0.1) is 18.3 Å². The Morgan fingerprint density at radius 2 is 1.38 bits per heavy atom. The van der Waals surface area contributed by atoms with Crippen molar-refractivity contribution in [2.24, 2.45) is 0 Å². The molecule has 1 N–H and O–H groups in total. The molecule has 0 aliphatic carbocycles. The second-order valence-electron chi connectivity index (χ2n) is 8.10. The SMILES string of the molecule is CCCCCCCCCCCCC[C@H]1C[C@@H]([C@H](C)O)OC(C)(C)O1. The quantitative estimate of drug-likeness (QED) is 0.418. The lowest BCUT2D eigenvalue weighted by molar-refractivity contribution is -0.312. The summed E-state index contributed by atoms with van der Waals surface area (Å²) in [5.74, 6) is -0.567. The molecule has 1 fully saturated rings. The van der Waals surface area contributed by atoms with Gasteiger partial charge in [0.1, 0.15) is 0 Å². The van der Waals surface area contributed by atoms with Crippen molar-refractivity contribution in [2.75, 3.05) is 0 Å². The summed E-state index contributed by atoms with van der Waals surface area (Å²) in [6, 6.07) is 0. The second-order valence-corrected chi connectivity index (χ2v) is 8.10. The normalized spacial score (nSPS) is 24.9. The summed E-state index contributed by atoms with van der Waals surface area (Å²) >= 11 is 0. The van der Waals surface area contributed by atoms with Crippen LogP contribution >= 0.6 is 0 Å². The molecule has 1 rings (SSSR count). The number of ether oxygens (including phenoxy) is 2. The highest BCUT2D eigenvalue weighted by Crippen LogP contribution is 2.30. The Morgan fingerprint density at radius 3 is 1.88 bits per heavy atom. The van der Waals surface area contributed by atoms with Gasteiger partial charge in [-0.25, -0.2) is 0 Å². The summed E-state index contributed by atoms with van der Waals surface area (Å²) in [7, 11) is 0. The van der Waals surface area contributed by atoms with Crippen molar-refractivity contribution < 1.29 is 14.6 Å². The molecule has 3 heteroatoms. The van der Waals surface area contributed by atoms with Crippen molar-refractivity contribution in [1.29, 1.82) is 0 Å². The first-order chi connectivity index (χ1) is 11.4. The van der Waals surface area contributed by atoms with E-state index in [4.69, 9.17) is 9.47 Å². The first kappa shape index (κ1) is 21.9. The lowest BCUT2D eigenvalue weighted by atomic mass is 9.99. The molecule has 0 unspecified atom stereocenters. The van der Waals surface area contributed by atoms with E-state index in [1.807, 2.05) is 20.8 Å². The zero-order valence-corrected chi connectivity index (χ0v) is 16.7. The Labute approximate surface area is 150 Å². The smallest absolute Gasteiger partial charge is 0.163 e. The minimum Gasteiger partial charge on any atom is -0.391 e. The summed E-state index contributed by atoms with van der Waals surface area (Å²) in [6.07, 6.45) is 16.7. The predicted molar refractivity (Wildman–Crippen MR) is 101 cm³/mol. The van der Waals surface area contributed by atoms with Gasteiger partial charge in [-0.3, -0.25) is 0 Å². The summed E-state index contributed by atoms with van der Waals surface area (Å²) in [5.41, 5.74) is 0. The van der Waals surface area contributed by atoms with Crippen LogP contribution in [0.5, 0.6) is 0 Å². The van der Waals surface area contributed by atoms with E-state index in [9.17, 15) is 5.11 Å². The fraction of sp³-hybridized carbons (Fsp3) is 1.00. The molecule has 3 atom stereocenters. The van der Waals surface area contributed by atoms with Crippen LogP contribution in [0.1, 0.15) is 111 Å². The molecule has 0 radical (unpaired) electrons. The zero-order valence-electron chi connectivity index (χ0n) is 16.7. The maximum absolute atomic E-state index is 9.81. The number of rotatable bonds is 13. The third-order valence-corrected chi connectivity index (χ3v) is 5.05. The standard InChI is InChI=1S/C21H42O3/c1-5-6-7-8-9-10-11-12-13-14-15-16-19-17-20(18(2)22)24-21(3,4)23-19/h18-20,22H,5-17H2,1-4H3/t18-,19-,20-/m0/s1. The van der Waals surface area contributed by atoms with Crippen LogP contribution in [0.15, 0.2) is 0 Å². The maximum atomic E-state index is 9.81. The van der Waals surface area contributed by atoms with Crippen molar-refractivity contribution in [3.05, 3.63) is 0 Å². The van der Waals surface area contributed by atoms with Crippen molar-refractivity contribution >= 4 is 0 Å². The van der Waals surface area contributed by atoms with Gasteiger partial charge in [0.25, 0.3) is 0 Å². The average molecular weight is 343 g/mol. The topological polar surface area (TPSA) is 38.7 Å². The Hall–Kier alpha value is -0.120. The molecule has 0 bridgehead atoms. The summed E-state index contributed by atoms with van der Waals surface area (Å²) < 4.78 is 11.8. The fourth-order valence-corrected chi connectivity index (χ4v) is 3.66. The van der Waals surface area contributed by atoms with Crippen LogP contribution in [-0.4, -0.2) is 29.2 Å². The molecule has 0 aromatic rings. The largest absolute Gasteiger partial charge is 0.391 e. The van der Waals surface area contributed by atoms with Gasteiger partial charge < -0.3 is 14.6 Å². The molecule has 1 aliphatic rings. The third kappa shape index (κ3) is 10.0. The molecule has 3 nitrogen and oxygen atoms in total. The van der Waals surface area contributed by atoms with Gasteiger partial charge in [-0.1, -0.05) is 77.6 Å². The molecular weight excluding hydrogens is 300 g/mol. The number of hydrogen-bond donors (Lipinski definition) is 1. The first-order valence-electron chi connectivity index (χ1n) is 10.5. The molecule has 0 spiro atoms. The molecule has 0 amide bonds. The van der Waals surface area contributed by atoms with Gasteiger partial charge in [0.15, 0.2) is 5.79 Å². The maximum Gasteiger partial charge on any atom is 0.163 e. The van der Waals surface area contributed by atoms with E-state index >= 15 is 0 Å². The number of hydrogen-bond acceptors (Lipinski definition) is 3. The first-order valence-corrected chi connectivity index (χ1v) is 10.5. The summed E-state index contributed by atoms with van der Waals surface area (Å²) in [5, 5.41) is 9.81. The molecule has 0 aromatic carbocycles. The highest BCUT2D eigenvalue weighted by atomic mass is 16.7. The molecule has 0 saturated carbocycles. The number of aliphatic hydroxyl groups excluding tert-OH is 1. The lowest BCUT2D eigenvalue weighted by Crippen LogP contribution is -2.48. The van der Waals surface area contributed by atoms with Gasteiger partial charge in [-0.05, 0) is 27.2 Å². The van der Waals surface area contributed by atoms with Crippen LogP contribution in [0.2, 0.25) is 0 Å². The Balaban J connectivity index is 2.00. The molecule has 0 aromatic heterocycles. The molecule has 144 valence electrons. The van der Waals surface area contributed by atoms with Crippen LogP contribution in [0.4, 0.5) is 0 Å². The molecule has 1 heterocycles. The number of aliphatic hydroxyl groups is 1. The monoisotopic (exact) mass is 342 g/mol. The minimum absolute atomic E-state index is 0.0912. The molecule has 24 heavy (non-hydrogen) atoms. The van der Waals surface area contributed by atoms with Gasteiger partial charge in [0.2, 0.25) is 0 Å². The summed E-state index contributed by atoms with van der Waals surface area (Å²) in [4.78, 5) is 0. The Bertz CT molecular complexity index is 301. The van der Waals surface area contributed by atoms with Gasteiger partial charge in [-0.15, -0.1) is 0 Å². The fourth-order valence-electron chi connectivity index (χ4n) is 3.66. The van der Waals surface area contributed by atoms with Crippen LogP contribution in [-0.2, 0) is 9.47 Å². The summed E-state index contributed by atoms with van der Waals surface area (Å²) in [6.45, 7) is 7.99. The molecule has 1 saturated heterocycles. The number of unbranched alkanes of at least 4 members (excludes halogenated alkanes) is 10. The van der Waals surface area contributed by atoms with E-state index in [-0.39, 0.29) is 12.2 Å². The van der Waals surface area contributed by atoms with Gasteiger partial charge in [0, 0.05) is 6.42 Å². The highest BCUT2D eigenvalue weighted by molar-refractivity contribution is 4.79. The Morgan fingerprint density at radius 1 is 0.875 bits per heavy atom. The molecular formula is C21H42O3. The van der Waals surface area contributed by atoms with Gasteiger partial charge in [-0.2, -0.15) is 0 Å². The van der Waals surface area contributed by atoms with E-state index in [1.54, 1.807) is 0 Å². The van der Waals surface area contributed by atoms with E-state index in [0.29, 0.717) is 0 Å². The van der Waals surface area contributed by atoms with Crippen LogP contribution in [0.25, 0.3) is 0 Å². The average Bonchev–Trinajstić information content (AvgIpc) is 2.51. The zero-order chi connectivity index (χ0) is 17.8.